The van der Waals surface area contributed by atoms with Crippen LogP contribution in [0.4, 0.5) is 0 Å². The second-order valence-corrected chi connectivity index (χ2v) is 5.55. The Hall–Kier alpha value is -2.82. The zero-order valence-corrected chi connectivity index (χ0v) is 13.7. The number of carbonyl (C=O) groups excluding carboxylic acids is 2. The molecule has 2 aromatic carbocycles. The summed E-state index contributed by atoms with van der Waals surface area (Å²) in [5.41, 5.74) is 2.10. The molecule has 1 aliphatic rings. The molecule has 1 aliphatic carbocycles. The number of Topliss-reactive ketones (excluding diaryl/α,β-unsaturated/α-hetero) is 1. The quantitative estimate of drug-likeness (QED) is 0.639. The molecule has 24 heavy (non-hydrogen) atoms. The highest BCUT2D eigenvalue weighted by Crippen LogP contribution is 2.46. The van der Waals surface area contributed by atoms with E-state index in [4.69, 9.17) is 14.2 Å². The van der Waals surface area contributed by atoms with E-state index in [1.807, 2.05) is 30.3 Å². The van der Waals surface area contributed by atoms with Gasteiger partial charge in [0.1, 0.15) is 5.92 Å². The molecule has 5 nitrogen and oxygen atoms in total. The lowest BCUT2D eigenvalue weighted by Gasteiger charge is -2.18. The maximum absolute atomic E-state index is 12.9. The first kappa shape index (κ1) is 16.1. The monoisotopic (exact) mass is 326 g/mol. The normalized spacial score (nSPS) is 18.9. The Morgan fingerprint density at radius 3 is 2.17 bits per heavy atom. The average molecular weight is 326 g/mol. The number of methoxy groups -OCH3 is 3. The fourth-order valence-corrected chi connectivity index (χ4v) is 3.27. The second kappa shape index (κ2) is 6.35. The summed E-state index contributed by atoms with van der Waals surface area (Å²) >= 11 is 0. The number of hydrogen-bond donors (Lipinski definition) is 0. The van der Waals surface area contributed by atoms with Gasteiger partial charge in [0.15, 0.2) is 17.3 Å². The van der Waals surface area contributed by atoms with Gasteiger partial charge >= 0.3 is 5.97 Å². The largest absolute Gasteiger partial charge is 0.493 e. The van der Waals surface area contributed by atoms with Gasteiger partial charge in [-0.25, -0.2) is 0 Å². The summed E-state index contributed by atoms with van der Waals surface area (Å²) in [4.78, 5) is 25.1. The number of hydrogen-bond acceptors (Lipinski definition) is 5. The minimum atomic E-state index is -0.899. The number of carbonyl (C=O) groups is 2. The van der Waals surface area contributed by atoms with E-state index in [0.29, 0.717) is 17.1 Å². The van der Waals surface area contributed by atoms with Gasteiger partial charge in [-0.3, -0.25) is 9.59 Å². The van der Waals surface area contributed by atoms with Gasteiger partial charge in [0.05, 0.1) is 21.3 Å². The van der Waals surface area contributed by atoms with E-state index in [1.54, 1.807) is 12.1 Å². The topological polar surface area (TPSA) is 61.8 Å². The maximum Gasteiger partial charge on any atom is 0.317 e. The van der Waals surface area contributed by atoms with Gasteiger partial charge in [-0.15, -0.1) is 0 Å². The van der Waals surface area contributed by atoms with Crippen LogP contribution in [0.5, 0.6) is 11.5 Å². The fraction of sp³-hybridized carbons (Fsp3) is 0.263. The molecule has 0 saturated carbocycles. The molecule has 3 rings (SSSR count). The highest BCUT2D eigenvalue weighted by molar-refractivity contribution is 6.14. The van der Waals surface area contributed by atoms with Crippen LogP contribution in [-0.2, 0) is 9.53 Å². The Labute approximate surface area is 140 Å². The summed E-state index contributed by atoms with van der Waals surface area (Å²) in [5, 5.41) is 0. The van der Waals surface area contributed by atoms with Crippen molar-refractivity contribution in [3.63, 3.8) is 0 Å². The van der Waals surface area contributed by atoms with Gasteiger partial charge in [0.25, 0.3) is 0 Å². The molecule has 0 unspecified atom stereocenters. The molecule has 124 valence electrons. The lowest BCUT2D eigenvalue weighted by Crippen LogP contribution is -2.26. The number of benzene rings is 2. The molecule has 0 aliphatic heterocycles. The van der Waals surface area contributed by atoms with Crippen molar-refractivity contribution in [2.45, 2.75) is 5.92 Å². The number of ketones is 1. The molecule has 2 aromatic rings. The van der Waals surface area contributed by atoms with E-state index in [9.17, 15) is 9.59 Å². The van der Waals surface area contributed by atoms with Crippen LogP contribution in [0, 0.1) is 5.92 Å². The molecule has 0 bridgehead atoms. The molecule has 0 fully saturated rings. The van der Waals surface area contributed by atoms with E-state index < -0.39 is 17.8 Å². The standard InChI is InChI=1S/C19H18O5/c1-22-14-9-12-13(10-15(14)23-2)18(20)17(19(21)24-3)16(12)11-7-5-4-6-8-11/h4-10,16-17H,1-3H3/t16-,17-/m1/s1. The van der Waals surface area contributed by atoms with Gasteiger partial charge in [0, 0.05) is 11.5 Å². The number of esters is 1. The number of fused-ring (bicyclic) bond motifs is 1. The molecular formula is C19H18O5. The summed E-state index contributed by atoms with van der Waals surface area (Å²) in [5.74, 6) is -1.11. The Kier molecular flexibility index (Phi) is 4.25. The van der Waals surface area contributed by atoms with Crippen molar-refractivity contribution in [1.82, 2.24) is 0 Å². The Balaban J connectivity index is 2.22. The van der Waals surface area contributed by atoms with E-state index >= 15 is 0 Å². The molecule has 0 spiro atoms. The molecule has 0 N–H and O–H groups in total. The molecule has 0 radical (unpaired) electrons. The second-order valence-electron chi connectivity index (χ2n) is 5.55. The highest BCUT2D eigenvalue weighted by atomic mass is 16.5. The molecule has 0 amide bonds. The van der Waals surface area contributed by atoms with E-state index in [0.717, 1.165) is 11.1 Å². The summed E-state index contributed by atoms with van der Waals surface area (Å²) < 4.78 is 15.5. The SMILES string of the molecule is COC(=O)[C@H]1C(=O)c2cc(OC)c(OC)cc2[C@H]1c1ccccc1. The first-order valence-electron chi connectivity index (χ1n) is 7.55. The van der Waals surface area contributed by atoms with Crippen LogP contribution >= 0.6 is 0 Å². The predicted molar refractivity (Wildman–Crippen MR) is 87.7 cm³/mol. The average Bonchev–Trinajstić information content (AvgIpc) is 2.92. The summed E-state index contributed by atoms with van der Waals surface area (Å²) in [7, 11) is 4.34. The number of ether oxygens (including phenoxy) is 3. The van der Waals surface area contributed by atoms with Gasteiger partial charge in [-0.1, -0.05) is 30.3 Å². The lowest BCUT2D eigenvalue weighted by molar-refractivity contribution is -0.143. The third-order valence-corrected chi connectivity index (χ3v) is 4.39. The van der Waals surface area contributed by atoms with Crippen molar-refractivity contribution in [2.24, 2.45) is 5.92 Å². The van der Waals surface area contributed by atoms with Crippen molar-refractivity contribution < 1.29 is 23.8 Å². The van der Waals surface area contributed by atoms with Gasteiger partial charge in [0.2, 0.25) is 0 Å². The smallest absolute Gasteiger partial charge is 0.317 e. The van der Waals surface area contributed by atoms with Crippen LogP contribution < -0.4 is 9.47 Å². The van der Waals surface area contributed by atoms with Crippen molar-refractivity contribution in [1.29, 1.82) is 0 Å². The maximum atomic E-state index is 12.9. The van der Waals surface area contributed by atoms with Crippen LogP contribution in [0.3, 0.4) is 0 Å². The summed E-state index contributed by atoms with van der Waals surface area (Å²) in [6.45, 7) is 0. The van der Waals surface area contributed by atoms with Gasteiger partial charge in [-0.2, -0.15) is 0 Å². The summed E-state index contributed by atoms with van der Waals surface area (Å²) in [6.07, 6.45) is 0. The molecule has 0 aromatic heterocycles. The van der Waals surface area contributed by atoms with Crippen LogP contribution in [0.1, 0.15) is 27.4 Å². The first-order valence-corrected chi connectivity index (χ1v) is 7.55. The third kappa shape index (κ3) is 2.42. The number of rotatable bonds is 4. The van der Waals surface area contributed by atoms with Crippen molar-refractivity contribution in [3.8, 4) is 11.5 Å². The Morgan fingerprint density at radius 2 is 1.58 bits per heavy atom. The Bertz CT molecular complexity index is 782. The molecule has 2 atom stereocenters. The van der Waals surface area contributed by atoms with Crippen LogP contribution in [0.25, 0.3) is 0 Å². The minimum Gasteiger partial charge on any atom is -0.493 e. The fourth-order valence-electron chi connectivity index (χ4n) is 3.27. The zero-order chi connectivity index (χ0) is 17.3. The van der Waals surface area contributed by atoms with E-state index in [2.05, 4.69) is 0 Å². The van der Waals surface area contributed by atoms with E-state index in [1.165, 1.54) is 21.3 Å². The third-order valence-electron chi connectivity index (χ3n) is 4.39. The van der Waals surface area contributed by atoms with Gasteiger partial charge < -0.3 is 14.2 Å². The van der Waals surface area contributed by atoms with Crippen LogP contribution in [0.15, 0.2) is 42.5 Å². The molecule has 0 saturated heterocycles. The minimum absolute atomic E-state index is 0.258. The first-order chi connectivity index (χ1) is 11.6. The zero-order valence-electron chi connectivity index (χ0n) is 13.7. The van der Waals surface area contributed by atoms with Gasteiger partial charge in [-0.05, 0) is 23.3 Å². The lowest BCUT2D eigenvalue weighted by atomic mass is 9.85. The highest BCUT2D eigenvalue weighted by Gasteiger charge is 2.46. The van der Waals surface area contributed by atoms with Crippen molar-refractivity contribution in [2.75, 3.05) is 21.3 Å². The molecule has 5 heteroatoms. The Morgan fingerprint density at radius 1 is 0.958 bits per heavy atom. The van der Waals surface area contributed by atoms with Crippen molar-refractivity contribution >= 4 is 11.8 Å². The van der Waals surface area contributed by atoms with Crippen LogP contribution in [-0.4, -0.2) is 33.1 Å². The van der Waals surface area contributed by atoms with E-state index in [-0.39, 0.29) is 5.78 Å². The predicted octanol–water partition coefficient (Wildman–Crippen LogP) is 2.82. The van der Waals surface area contributed by atoms with Crippen molar-refractivity contribution in [3.05, 3.63) is 59.2 Å². The molecular weight excluding hydrogens is 308 g/mol. The van der Waals surface area contributed by atoms with Crippen LogP contribution in [0.2, 0.25) is 0 Å². The molecule has 0 heterocycles. The summed E-state index contributed by atoms with van der Waals surface area (Å²) in [6, 6.07) is 12.9.